The molecule has 102 valence electrons. The van der Waals surface area contributed by atoms with Crippen LogP contribution < -0.4 is 0 Å². The lowest BCUT2D eigenvalue weighted by Gasteiger charge is -2.34. The molecule has 2 rings (SSSR count). The van der Waals surface area contributed by atoms with Crippen LogP contribution in [-0.2, 0) is 0 Å². The number of nitrogens with zero attached hydrogens (tertiary/aromatic N) is 3. The Morgan fingerprint density at radius 2 is 1.79 bits per heavy atom. The molecule has 0 saturated carbocycles. The fourth-order valence-corrected chi connectivity index (χ4v) is 2.16. The van der Waals surface area contributed by atoms with E-state index in [4.69, 9.17) is 5.11 Å². The van der Waals surface area contributed by atoms with Gasteiger partial charge >= 0.3 is 0 Å². The van der Waals surface area contributed by atoms with E-state index < -0.39 is 0 Å². The van der Waals surface area contributed by atoms with Gasteiger partial charge in [-0.2, -0.15) is 0 Å². The monoisotopic (exact) mass is 263 g/mol. The first-order valence-electron chi connectivity index (χ1n) is 6.30. The van der Waals surface area contributed by atoms with Crippen molar-refractivity contribution in [1.29, 1.82) is 0 Å². The molecule has 0 radical (unpaired) electrons. The molecular formula is C13H17N3O3. The zero-order chi connectivity index (χ0) is 13.7. The number of hydrogen-bond acceptors (Lipinski definition) is 5. The minimum Gasteiger partial charge on any atom is -0.395 e. The van der Waals surface area contributed by atoms with E-state index in [9.17, 15) is 9.70 Å². The van der Waals surface area contributed by atoms with Gasteiger partial charge in [0.05, 0.1) is 6.61 Å². The van der Waals surface area contributed by atoms with Gasteiger partial charge in [-0.05, 0) is 29.4 Å². The Hall–Kier alpha value is -1.79. The normalized spacial score (nSPS) is 16.4. The molecule has 1 amide bonds. The van der Waals surface area contributed by atoms with Gasteiger partial charge in [0.15, 0.2) is 0 Å². The molecule has 6 heteroatoms. The molecule has 0 aliphatic carbocycles. The summed E-state index contributed by atoms with van der Waals surface area (Å²) in [5, 5.41) is 11.7. The van der Waals surface area contributed by atoms with E-state index in [-0.39, 0.29) is 12.5 Å². The maximum Gasteiger partial charge on any atom is 0.253 e. The average Bonchev–Trinajstić information content (AvgIpc) is 2.48. The molecule has 1 N–H and O–H groups in total. The number of aliphatic hydroxyl groups is 1. The van der Waals surface area contributed by atoms with Crippen LogP contribution in [0.25, 0.3) is 0 Å². The zero-order valence-corrected chi connectivity index (χ0v) is 10.7. The maximum absolute atomic E-state index is 12.2. The van der Waals surface area contributed by atoms with Gasteiger partial charge < -0.3 is 10.0 Å². The summed E-state index contributed by atoms with van der Waals surface area (Å²) in [6, 6.07) is 6.34. The van der Waals surface area contributed by atoms with E-state index in [1.54, 1.807) is 29.2 Å². The lowest BCUT2D eigenvalue weighted by molar-refractivity contribution is 0.0615. The second-order valence-corrected chi connectivity index (χ2v) is 4.50. The van der Waals surface area contributed by atoms with Crippen molar-refractivity contribution in [3.05, 3.63) is 34.7 Å². The summed E-state index contributed by atoms with van der Waals surface area (Å²) in [6.45, 7) is 3.68. The predicted molar refractivity (Wildman–Crippen MR) is 71.3 cm³/mol. The van der Waals surface area contributed by atoms with E-state index in [1.165, 1.54) is 0 Å². The van der Waals surface area contributed by atoms with Gasteiger partial charge in [-0.3, -0.25) is 9.69 Å². The third-order valence-corrected chi connectivity index (χ3v) is 3.30. The molecule has 1 saturated heterocycles. The highest BCUT2D eigenvalue weighted by Gasteiger charge is 2.21. The maximum atomic E-state index is 12.2. The van der Waals surface area contributed by atoms with Crippen molar-refractivity contribution in [3.63, 3.8) is 0 Å². The molecule has 1 aliphatic rings. The number of amides is 1. The molecular weight excluding hydrogens is 246 g/mol. The van der Waals surface area contributed by atoms with E-state index >= 15 is 0 Å². The molecule has 1 heterocycles. The van der Waals surface area contributed by atoms with E-state index in [2.05, 4.69) is 10.1 Å². The summed E-state index contributed by atoms with van der Waals surface area (Å²) >= 11 is 0. The molecule has 1 fully saturated rings. The van der Waals surface area contributed by atoms with E-state index in [0.29, 0.717) is 30.9 Å². The van der Waals surface area contributed by atoms with Crippen molar-refractivity contribution in [2.24, 2.45) is 5.18 Å². The first kappa shape index (κ1) is 13.6. The highest BCUT2D eigenvalue weighted by Crippen LogP contribution is 2.14. The first-order valence-corrected chi connectivity index (χ1v) is 6.30. The van der Waals surface area contributed by atoms with Crippen molar-refractivity contribution >= 4 is 11.6 Å². The van der Waals surface area contributed by atoms with Gasteiger partial charge in [0.1, 0.15) is 5.69 Å². The Morgan fingerprint density at radius 3 is 2.32 bits per heavy atom. The summed E-state index contributed by atoms with van der Waals surface area (Å²) in [5.41, 5.74) is 0.896. The van der Waals surface area contributed by atoms with Crippen LogP contribution in [0.1, 0.15) is 10.4 Å². The molecule has 1 aromatic carbocycles. The van der Waals surface area contributed by atoms with Crippen molar-refractivity contribution < 1.29 is 9.90 Å². The van der Waals surface area contributed by atoms with Gasteiger partial charge in [0.2, 0.25) is 0 Å². The Labute approximate surface area is 111 Å². The van der Waals surface area contributed by atoms with Crippen LogP contribution in [0.3, 0.4) is 0 Å². The average molecular weight is 263 g/mol. The second-order valence-electron chi connectivity index (χ2n) is 4.50. The highest BCUT2D eigenvalue weighted by molar-refractivity contribution is 5.94. The van der Waals surface area contributed by atoms with Gasteiger partial charge in [0, 0.05) is 38.3 Å². The van der Waals surface area contributed by atoms with Crippen LogP contribution >= 0.6 is 0 Å². The third kappa shape index (κ3) is 3.36. The largest absolute Gasteiger partial charge is 0.395 e. The SMILES string of the molecule is O=Nc1ccc(C(=O)N2CCN(CCO)CC2)cc1. The first-order chi connectivity index (χ1) is 9.24. The van der Waals surface area contributed by atoms with Crippen molar-refractivity contribution in [2.45, 2.75) is 0 Å². The Balaban J connectivity index is 1.95. The number of β-amino-alcohol motifs (C(OH)–C–C–N with tert-alkyl or cyclic N) is 1. The number of nitroso groups, excluding NO2 is 1. The van der Waals surface area contributed by atoms with E-state index in [0.717, 1.165) is 13.1 Å². The minimum absolute atomic E-state index is 0.0268. The number of benzene rings is 1. The molecule has 6 nitrogen and oxygen atoms in total. The highest BCUT2D eigenvalue weighted by atomic mass is 16.3. The summed E-state index contributed by atoms with van der Waals surface area (Å²) in [4.78, 5) is 26.4. The summed E-state index contributed by atoms with van der Waals surface area (Å²) < 4.78 is 0. The van der Waals surface area contributed by atoms with E-state index in [1.807, 2.05) is 0 Å². The van der Waals surface area contributed by atoms with Crippen molar-refractivity contribution in [3.8, 4) is 0 Å². The molecule has 19 heavy (non-hydrogen) atoms. The summed E-state index contributed by atoms with van der Waals surface area (Å²) in [7, 11) is 0. The summed E-state index contributed by atoms with van der Waals surface area (Å²) in [5.74, 6) is -0.0268. The number of rotatable bonds is 4. The van der Waals surface area contributed by atoms with Crippen LogP contribution in [0.5, 0.6) is 0 Å². The molecule has 0 unspecified atom stereocenters. The fraction of sp³-hybridized carbons (Fsp3) is 0.462. The Morgan fingerprint density at radius 1 is 1.16 bits per heavy atom. The molecule has 0 bridgehead atoms. The zero-order valence-electron chi connectivity index (χ0n) is 10.7. The fourth-order valence-electron chi connectivity index (χ4n) is 2.16. The van der Waals surface area contributed by atoms with Gasteiger partial charge in [-0.25, -0.2) is 0 Å². The third-order valence-electron chi connectivity index (χ3n) is 3.30. The number of piperazine rings is 1. The molecule has 0 atom stereocenters. The van der Waals surface area contributed by atoms with Gasteiger partial charge in [-0.15, -0.1) is 4.91 Å². The second kappa shape index (κ2) is 6.40. The summed E-state index contributed by atoms with van der Waals surface area (Å²) in [6.07, 6.45) is 0. The van der Waals surface area contributed by atoms with Crippen molar-refractivity contribution in [2.75, 3.05) is 39.3 Å². The minimum atomic E-state index is -0.0268. The predicted octanol–water partition coefficient (Wildman–Crippen LogP) is 0.835. The quantitative estimate of drug-likeness (QED) is 0.817. The van der Waals surface area contributed by atoms with Crippen LogP contribution in [0, 0.1) is 4.91 Å². The number of hydrogen-bond donors (Lipinski definition) is 1. The lowest BCUT2D eigenvalue weighted by Crippen LogP contribution is -2.49. The van der Waals surface area contributed by atoms with Crippen molar-refractivity contribution in [1.82, 2.24) is 9.80 Å². The lowest BCUT2D eigenvalue weighted by atomic mass is 10.1. The molecule has 0 aromatic heterocycles. The van der Waals surface area contributed by atoms with Crippen LogP contribution in [0.2, 0.25) is 0 Å². The smallest absolute Gasteiger partial charge is 0.253 e. The standard InChI is InChI=1S/C13H17N3O3/c17-10-9-15-5-7-16(8-6-15)13(18)11-1-3-12(14-19)4-2-11/h1-4,17H,5-10H2. The van der Waals surface area contributed by atoms with Gasteiger partial charge in [0.25, 0.3) is 5.91 Å². The topological polar surface area (TPSA) is 73.2 Å². The number of carbonyl (C=O) groups is 1. The Bertz CT molecular complexity index is 439. The molecule has 1 aromatic rings. The number of aliphatic hydroxyl groups excluding tert-OH is 1. The van der Waals surface area contributed by atoms with Crippen LogP contribution in [-0.4, -0.2) is 60.1 Å². The van der Waals surface area contributed by atoms with Gasteiger partial charge in [-0.1, -0.05) is 0 Å². The Kier molecular flexibility index (Phi) is 4.59. The van der Waals surface area contributed by atoms with Crippen LogP contribution in [0.15, 0.2) is 29.4 Å². The molecule has 0 spiro atoms. The van der Waals surface area contributed by atoms with Crippen LogP contribution in [0.4, 0.5) is 5.69 Å². The molecule has 1 aliphatic heterocycles. The number of carbonyl (C=O) groups excluding carboxylic acids is 1.